The fourth-order valence-corrected chi connectivity index (χ4v) is 3.14. The van der Waals surface area contributed by atoms with Crippen molar-refractivity contribution in [2.75, 3.05) is 26.2 Å². The number of rotatable bonds is 3. The molecule has 3 rings (SSSR count). The highest BCUT2D eigenvalue weighted by Gasteiger charge is 2.33. The molecule has 2 saturated heterocycles. The van der Waals surface area contributed by atoms with E-state index in [9.17, 15) is 9.59 Å². The summed E-state index contributed by atoms with van der Waals surface area (Å²) in [6.45, 7) is 4.82. The van der Waals surface area contributed by atoms with Crippen molar-refractivity contribution in [1.82, 2.24) is 30.5 Å². The minimum Gasteiger partial charge on any atom is -0.353 e. The van der Waals surface area contributed by atoms with Gasteiger partial charge in [-0.15, -0.1) is 17.5 Å². The number of halogens is 1. The van der Waals surface area contributed by atoms with Gasteiger partial charge in [0.05, 0.1) is 12.2 Å². The molecule has 2 aliphatic heterocycles. The van der Waals surface area contributed by atoms with Gasteiger partial charge in [0.15, 0.2) is 5.69 Å². The second-order valence-electron chi connectivity index (χ2n) is 5.78. The molecule has 0 aliphatic carbocycles. The van der Waals surface area contributed by atoms with Gasteiger partial charge < -0.3 is 15.5 Å². The van der Waals surface area contributed by atoms with Crippen LogP contribution in [-0.2, 0) is 4.79 Å². The van der Waals surface area contributed by atoms with Crippen molar-refractivity contribution in [3.8, 4) is 0 Å². The molecular weight excluding hydrogens is 320 g/mol. The van der Waals surface area contributed by atoms with Crippen LogP contribution in [0.1, 0.15) is 42.7 Å². The van der Waals surface area contributed by atoms with E-state index in [-0.39, 0.29) is 24.2 Å². The van der Waals surface area contributed by atoms with Crippen LogP contribution in [0.4, 0.5) is 0 Å². The predicted octanol–water partition coefficient (Wildman–Crippen LogP) is -0.0250. The van der Waals surface area contributed by atoms with Gasteiger partial charge in [0.25, 0.3) is 5.91 Å². The van der Waals surface area contributed by atoms with Gasteiger partial charge in [0.2, 0.25) is 5.91 Å². The molecule has 1 aromatic rings. The fraction of sp³-hybridized carbons (Fsp3) is 0.714. The zero-order valence-electron chi connectivity index (χ0n) is 13.2. The van der Waals surface area contributed by atoms with Crippen LogP contribution in [0.5, 0.6) is 0 Å². The lowest BCUT2D eigenvalue weighted by atomic mass is 10.1. The second-order valence-corrected chi connectivity index (χ2v) is 5.78. The highest BCUT2D eigenvalue weighted by molar-refractivity contribution is 5.96. The number of amides is 2. The molecule has 1 atom stereocenters. The zero-order chi connectivity index (χ0) is 15.5. The van der Waals surface area contributed by atoms with Gasteiger partial charge in [-0.2, -0.15) is 0 Å². The van der Waals surface area contributed by atoms with Gasteiger partial charge in [0, 0.05) is 13.1 Å². The molecule has 0 saturated carbocycles. The number of hydrogen-bond donors (Lipinski definition) is 2. The van der Waals surface area contributed by atoms with Gasteiger partial charge in [-0.3, -0.25) is 9.59 Å². The average molecular weight is 343 g/mol. The van der Waals surface area contributed by atoms with Crippen LogP contribution in [0.2, 0.25) is 0 Å². The Labute approximate surface area is 141 Å². The molecule has 2 amide bonds. The molecule has 128 valence electrons. The Morgan fingerprint density at radius 2 is 2.09 bits per heavy atom. The number of nitrogens with zero attached hydrogens (tertiary/aromatic N) is 4. The minimum absolute atomic E-state index is 0. The van der Waals surface area contributed by atoms with Crippen molar-refractivity contribution in [2.24, 2.45) is 0 Å². The van der Waals surface area contributed by atoms with E-state index in [2.05, 4.69) is 20.9 Å². The number of piperazine rings is 1. The van der Waals surface area contributed by atoms with E-state index in [0.717, 1.165) is 25.9 Å². The molecule has 2 N–H and O–H groups in total. The molecule has 2 aliphatic rings. The van der Waals surface area contributed by atoms with Crippen molar-refractivity contribution in [1.29, 1.82) is 0 Å². The molecule has 2 fully saturated rings. The molecular formula is C14H23ClN6O2. The Kier molecular flexibility index (Phi) is 5.95. The molecule has 0 radical (unpaired) electrons. The molecule has 1 aromatic heterocycles. The van der Waals surface area contributed by atoms with E-state index < -0.39 is 6.04 Å². The molecule has 23 heavy (non-hydrogen) atoms. The van der Waals surface area contributed by atoms with Crippen molar-refractivity contribution < 1.29 is 9.59 Å². The predicted molar refractivity (Wildman–Crippen MR) is 86.5 cm³/mol. The van der Waals surface area contributed by atoms with E-state index in [1.165, 1.54) is 0 Å². The first-order valence-corrected chi connectivity index (χ1v) is 7.92. The van der Waals surface area contributed by atoms with Crippen LogP contribution in [0.25, 0.3) is 0 Å². The summed E-state index contributed by atoms with van der Waals surface area (Å²) in [6, 6.07) is -0.118. The zero-order valence-corrected chi connectivity index (χ0v) is 14.0. The Balaban J connectivity index is 0.00000192. The maximum absolute atomic E-state index is 12.6. The lowest BCUT2D eigenvalue weighted by molar-refractivity contribution is -0.127. The van der Waals surface area contributed by atoms with Gasteiger partial charge in [-0.1, -0.05) is 12.1 Å². The quantitative estimate of drug-likeness (QED) is 0.805. The van der Waals surface area contributed by atoms with Crippen LogP contribution in [-0.4, -0.2) is 63.9 Å². The minimum atomic E-state index is -0.412. The van der Waals surface area contributed by atoms with E-state index in [1.807, 2.05) is 6.92 Å². The molecule has 1 unspecified atom stereocenters. The average Bonchev–Trinajstić information content (AvgIpc) is 3.05. The lowest BCUT2D eigenvalue weighted by Crippen LogP contribution is -2.57. The van der Waals surface area contributed by atoms with Crippen molar-refractivity contribution in [3.63, 3.8) is 0 Å². The van der Waals surface area contributed by atoms with Gasteiger partial charge >= 0.3 is 0 Å². The third-order valence-corrected chi connectivity index (χ3v) is 4.39. The second kappa shape index (κ2) is 7.74. The first kappa shape index (κ1) is 17.7. The van der Waals surface area contributed by atoms with Gasteiger partial charge in [-0.05, 0) is 32.4 Å². The summed E-state index contributed by atoms with van der Waals surface area (Å²) < 4.78 is 1.79. The van der Waals surface area contributed by atoms with Crippen LogP contribution < -0.4 is 10.6 Å². The molecule has 0 aromatic carbocycles. The van der Waals surface area contributed by atoms with Gasteiger partial charge in [0.1, 0.15) is 6.04 Å². The SMILES string of the molecule is CCC1C(=O)NCCN1C(=O)c1cn(C2CCNCC2)nn1.Cl. The highest BCUT2D eigenvalue weighted by atomic mass is 35.5. The fourth-order valence-electron chi connectivity index (χ4n) is 3.14. The van der Waals surface area contributed by atoms with Crippen molar-refractivity contribution in [3.05, 3.63) is 11.9 Å². The Morgan fingerprint density at radius 3 is 2.78 bits per heavy atom. The van der Waals surface area contributed by atoms with E-state index in [0.29, 0.717) is 31.2 Å². The van der Waals surface area contributed by atoms with E-state index in [1.54, 1.807) is 15.8 Å². The number of carbonyl (C=O) groups is 2. The number of nitrogens with one attached hydrogen (secondary N) is 2. The lowest BCUT2D eigenvalue weighted by Gasteiger charge is -2.33. The van der Waals surface area contributed by atoms with Crippen molar-refractivity contribution >= 4 is 24.2 Å². The third kappa shape index (κ3) is 3.64. The smallest absolute Gasteiger partial charge is 0.276 e. The Morgan fingerprint density at radius 1 is 1.35 bits per heavy atom. The van der Waals surface area contributed by atoms with Crippen LogP contribution in [0.15, 0.2) is 6.20 Å². The summed E-state index contributed by atoms with van der Waals surface area (Å²) in [5, 5.41) is 14.2. The summed E-state index contributed by atoms with van der Waals surface area (Å²) in [6.07, 6.45) is 4.29. The first-order valence-electron chi connectivity index (χ1n) is 7.92. The molecule has 3 heterocycles. The molecule has 0 spiro atoms. The molecule has 9 heteroatoms. The third-order valence-electron chi connectivity index (χ3n) is 4.39. The largest absolute Gasteiger partial charge is 0.353 e. The van der Waals surface area contributed by atoms with E-state index in [4.69, 9.17) is 0 Å². The highest BCUT2D eigenvalue weighted by Crippen LogP contribution is 2.18. The standard InChI is InChI=1S/C14H22N6O2.ClH/c1-2-12-13(21)16-7-8-19(12)14(22)11-9-20(18-17-11)10-3-5-15-6-4-10;/h9-10,12,15H,2-8H2,1H3,(H,16,21);1H. The summed E-state index contributed by atoms with van der Waals surface area (Å²) in [5.74, 6) is -0.297. The number of aromatic nitrogens is 3. The maximum atomic E-state index is 12.6. The molecule has 0 bridgehead atoms. The van der Waals surface area contributed by atoms with E-state index >= 15 is 0 Å². The topological polar surface area (TPSA) is 92.2 Å². The Hall–Kier alpha value is -1.67. The first-order chi connectivity index (χ1) is 10.7. The number of hydrogen-bond acceptors (Lipinski definition) is 5. The monoisotopic (exact) mass is 342 g/mol. The maximum Gasteiger partial charge on any atom is 0.276 e. The summed E-state index contributed by atoms with van der Waals surface area (Å²) in [4.78, 5) is 26.1. The number of piperidine rings is 1. The normalized spacial score (nSPS) is 22.4. The summed E-state index contributed by atoms with van der Waals surface area (Å²) in [5.41, 5.74) is 0.326. The summed E-state index contributed by atoms with van der Waals surface area (Å²) in [7, 11) is 0. The molecule has 8 nitrogen and oxygen atoms in total. The van der Waals surface area contributed by atoms with Crippen LogP contribution in [0.3, 0.4) is 0 Å². The van der Waals surface area contributed by atoms with Crippen LogP contribution >= 0.6 is 12.4 Å². The Bertz CT molecular complexity index is 557. The number of carbonyl (C=O) groups excluding carboxylic acids is 2. The van der Waals surface area contributed by atoms with Crippen LogP contribution in [0, 0.1) is 0 Å². The van der Waals surface area contributed by atoms with Gasteiger partial charge in [-0.25, -0.2) is 4.68 Å². The summed E-state index contributed by atoms with van der Waals surface area (Å²) >= 11 is 0. The van der Waals surface area contributed by atoms with Crippen molar-refractivity contribution in [2.45, 2.75) is 38.3 Å².